The van der Waals surface area contributed by atoms with Gasteiger partial charge in [-0.15, -0.1) is 0 Å². The van der Waals surface area contributed by atoms with Crippen molar-refractivity contribution in [3.63, 3.8) is 0 Å². The van der Waals surface area contributed by atoms with Gasteiger partial charge in [-0.25, -0.2) is 22.9 Å². The van der Waals surface area contributed by atoms with Crippen LogP contribution in [0.1, 0.15) is 10.4 Å². The van der Waals surface area contributed by atoms with E-state index in [-0.39, 0.29) is 23.3 Å². The fourth-order valence-electron chi connectivity index (χ4n) is 2.54. The number of aryl methyl sites for hydroxylation is 1. The van der Waals surface area contributed by atoms with Crippen molar-refractivity contribution in [2.24, 2.45) is 10.7 Å². The number of thiazole rings is 1. The summed E-state index contributed by atoms with van der Waals surface area (Å²) in [5, 5.41) is 2.47. The molecule has 1 aromatic carbocycles. The second-order valence-electron chi connectivity index (χ2n) is 5.77. The molecular weight excluding hydrogens is 385 g/mol. The maximum Gasteiger partial charge on any atom is 0.419 e. The molecule has 11 heteroatoms. The number of anilines is 1. The zero-order valence-electron chi connectivity index (χ0n) is 14.0. The first kappa shape index (κ1) is 19.1. The first-order chi connectivity index (χ1) is 12.8. The average molecular weight is 400 g/mol. The van der Waals surface area contributed by atoms with Gasteiger partial charge >= 0.3 is 6.09 Å². The van der Waals surface area contributed by atoms with E-state index < -0.39 is 36.0 Å². The van der Waals surface area contributed by atoms with Crippen LogP contribution in [-0.4, -0.2) is 36.6 Å². The molecule has 2 heterocycles. The summed E-state index contributed by atoms with van der Waals surface area (Å²) in [6.45, 7) is 1.12. The lowest BCUT2D eigenvalue weighted by Crippen LogP contribution is -2.45. The van der Waals surface area contributed by atoms with E-state index in [1.165, 1.54) is 12.3 Å². The SMILES string of the molecule is Cc1cnc(OC(=O)Nc2ccc(F)c([C@]3(C(F)F)COCC(N)=N3)c2)s1. The topological polar surface area (TPSA) is 98.8 Å². The van der Waals surface area contributed by atoms with E-state index in [9.17, 15) is 18.0 Å². The van der Waals surface area contributed by atoms with E-state index in [2.05, 4.69) is 15.3 Å². The summed E-state index contributed by atoms with van der Waals surface area (Å²) < 4.78 is 51.9. The van der Waals surface area contributed by atoms with Crippen molar-refractivity contribution >= 4 is 29.0 Å². The molecule has 0 saturated heterocycles. The summed E-state index contributed by atoms with van der Waals surface area (Å²) in [5.41, 5.74) is 2.83. The Labute approximate surface area is 156 Å². The molecule has 3 rings (SSSR count). The smallest absolute Gasteiger partial charge is 0.385 e. The molecule has 0 unspecified atom stereocenters. The number of hydrogen-bond acceptors (Lipinski definition) is 7. The Bertz CT molecular complexity index is 890. The number of halogens is 3. The number of ether oxygens (including phenoxy) is 2. The number of aromatic nitrogens is 1. The minimum Gasteiger partial charge on any atom is -0.385 e. The molecule has 0 spiro atoms. The van der Waals surface area contributed by atoms with Gasteiger partial charge < -0.3 is 15.2 Å². The molecule has 1 amide bonds. The molecule has 2 aromatic rings. The number of benzene rings is 1. The highest BCUT2D eigenvalue weighted by Gasteiger charge is 2.46. The average Bonchev–Trinajstić information content (AvgIpc) is 3.01. The van der Waals surface area contributed by atoms with Crippen LogP contribution in [0.25, 0.3) is 0 Å². The van der Waals surface area contributed by atoms with Crippen molar-refractivity contribution in [2.75, 3.05) is 18.5 Å². The van der Waals surface area contributed by atoms with Crippen molar-refractivity contribution in [1.82, 2.24) is 4.98 Å². The van der Waals surface area contributed by atoms with Gasteiger partial charge in [0.1, 0.15) is 18.3 Å². The van der Waals surface area contributed by atoms with Crippen LogP contribution < -0.4 is 15.8 Å². The number of carbonyl (C=O) groups is 1. The summed E-state index contributed by atoms with van der Waals surface area (Å²) in [6.07, 6.45) is -2.44. The Morgan fingerprint density at radius 1 is 1.48 bits per heavy atom. The second-order valence-corrected chi connectivity index (χ2v) is 6.96. The van der Waals surface area contributed by atoms with Gasteiger partial charge in [0.2, 0.25) is 0 Å². The van der Waals surface area contributed by atoms with Crippen molar-refractivity contribution < 1.29 is 27.4 Å². The minimum atomic E-state index is -3.08. The van der Waals surface area contributed by atoms with Gasteiger partial charge in [0.15, 0.2) is 5.54 Å². The molecule has 1 atom stereocenters. The number of aliphatic imine (C=N–C) groups is 1. The number of amides is 1. The third-order valence-electron chi connectivity index (χ3n) is 3.74. The Morgan fingerprint density at radius 2 is 2.26 bits per heavy atom. The van der Waals surface area contributed by atoms with Gasteiger partial charge in [0.25, 0.3) is 11.6 Å². The molecule has 0 fully saturated rings. The maximum absolute atomic E-state index is 14.3. The van der Waals surface area contributed by atoms with E-state index in [0.29, 0.717) is 0 Å². The lowest BCUT2D eigenvalue weighted by molar-refractivity contribution is -0.0145. The van der Waals surface area contributed by atoms with E-state index in [0.717, 1.165) is 28.3 Å². The number of alkyl halides is 2. The van der Waals surface area contributed by atoms with E-state index >= 15 is 0 Å². The molecule has 3 N–H and O–H groups in total. The molecule has 0 aliphatic carbocycles. The predicted octanol–water partition coefficient (Wildman–Crippen LogP) is 3.05. The monoisotopic (exact) mass is 400 g/mol. The molecule has 144 valence electrons. The highest BCUT2D eigenvalue weighted by molar-refractivity contribution is 7.13. The van der Waals surface area contributed by atoms with Gasteiger partial charge in [-0.1, -0.05) is 11.3 Å². The van der Waals surface area contributed by atoms with Gasteiger partial charge in [-0.05, 0) is 25.1 Å². The number of rotatable bonds is 4. The van der Waals surface area contributed by atoms with Crippen molar-refractivity contribution in [3.05, 3.63) is 40.7 Å². The van der Waals surface area contributed by atoms with Gasteiger partial charge in [0.05, 0.1) is 6.61 Å². The molecule has 1 aliphatic rings. The van der Waals surface area contributed by atoms with Crippen LogP contribution in [0.2, 0.25) is 0 Å². The third-order valence-corrected chi connectivity index (χ3v) is 4.53. The molecule has 0 radical (unpaired) electrons. The van der Waals surface area contributed by atoms with Crippen molar-refractivity contribution in [2.45, 2.75) is 18.9 Å². The van der Waals surface area contributed by atoms with Crippen LogP contribution >= 0.6 is 11.3 Å². The Morgan fingerprint density at radius 3 is 2.89 bits per heavy atom. The summed E-state index contributed by atoms with van der Waals surface area (Å²) >= 11 is 1.16. The van der Waals surface area contributed by atoms with Crippen molar-refractivity contribution in [3.8, 4) is 5.19 Å². The lowest BCUT2D eigenvalue weighted by Gasteiger charge is -2.33. The molecule has 27 heavy (non-hydrogen) atoms. The van der Waals surface area contributed by atoms with E-state index in [1.54, 1.807) is 6.92 Å². The standard InChI is InChI=1S/C16H15F3N4O3S/c1-8-5-21-15(27-8)26-14(24)22-9-2-3-11(17)10(4-9)16(13(18)19)7-25-6-12(20)23-16/h2-5,13H,6-7H2,1H3,(H2,20,23)(H,22,24)/t16-/m0/s1. The van der Waals surface area contributed by atoms with Gasteiger partial charge in [-0.3, -0.25) is 10.3 Å². The summed E-state index contributed by atoms with van der Waals surface area (Å²) in [4.78, 5) is 20.4. The largest absolute Gasteiger partial charge is 0.419 e. The van der Waals surface area contributed by atoms with Crippen LogP contribution in [0.5, 0.6) is 5.19 Å². The zero-order valence-corrected chi connectivity index (χ0v) is 14.9. The molecule has 1 aliphatic heterocycles. The Hall–Kier alpha value is -2.66. The number of carbonyl (C=O) groups excluding carboxylic acids is 1. The van der Waals surface area contributed by atoms with Crippen LogP contribution in [0.4, 0.5) is 23.7 Å². The fourth-order valence-corrected chi connectivity index (χ4v) is 3.14. The Balaban J connectivity index is 1.87. The fraction of sp³-hybridized carbons (Fsp3) is 0.312. The first-order valence-corrected chi connectivity index (χ1v) is 8.53. The highest BCUT2D eigenvalue weighted by Crippen LogP contribution is 2.38. The lowest BCUT2D eigenvalue weighted by atomic mass is 9.90. The van der Waals surface area contributed by atoms with Gasteiger partial charge in [-0.2, -0.15) is 0 Å². The van der Waals surface area contributed by atoms with Crippen LogP contribution in [-0.2, 0) is 10.3 Å². The summed E-state index contributed by atoms with van der Waals surface area (Å²) in [6, 6.07) is 3.22. The quantitative estimate of drug-likeness (QED) is 0.822. The minimum absolute atomic E-state index is 0.0454. The van der Waals surface area contributed by atoms with Crippen molar-refractivity contribution in [1.29, 1.82) is 0 Å². The molecular formula is C16H15F3N4O3S. The van der Waals surface area contributed by atoms with Crippen LogP contribution in [0, 0.1) is 12.7 Å². The highest BCUT2D eigenvalue weighted by atomic mass is 32.1. The maximum atomic E-state index is 14.3. The number of hydrogen-bond donors (Lipinski definition) is 2. The van der Waals surface area contributed by atoms with Gasteiger partial charge in [0, 0.05) is 22.3 Å². The Kier molecular flexibility index (Phi) is 5.33. The number of nitrogens with zero attached hydrogens (tertiary/aromatic N) is 2. The van der Waals surface area contributed by atoms with Crippen LogP contribution in [0.15, 0.2) is 29.4 Å². The first-order valence-electron chi connectivity index (χ1n) is 7.71. The normalized spacial score (nSPS) is 19.7. The molecule has 7 nitrogen and oxygen atoms in total. The number of nitrogens with two attached hydrogens (primary N) is 1. The molecule has 0 bridgehead atoms. The summed E-state index contributed by atoms with van der Waals surface area (Å²) in [7, 11) is 0. The van der Waals surface area contributed by atoms with E-state index in [4.69, 9.17) is 15.2 Å². The predicted molar refractivity (Wildman–Crippen MR) is 93.0 cm³/mol. The molecule has 1 aromatic heterocycles. The van der Waals surface area contributed by atoms with Crippen LogP contribution in [0.3, 0.4) is 0 Å². The zero-order chi connectivity index (χ0) is 19.6. The third kappa shape index (κ3) is 4.03. The number of nitrogens with one attached hydrogen (secondary N) is 1. The second kappa shape index (κ2) is 7.53. The molecule has 0 saturated carbocycles. The summed E-state index contributed by atoms with van der Waals surface area (Å²) in [5.74, 6) is -1.09. The van der Waals surface area contributed by atoms with E-state index in [1.807, 2.05) is 0 Å². The number of amidine groups is 1.